The Morgan fingerprint density at radius 3 is 2.37 bits per heavy atom. The highest BCUT2D eigenvalue weighted by atomic mass is 16.1. The third-order valence-electron chi connectivity index (χ3n) is 2.98. The van der Waals surface area contributed by atoms with E-state index in [0.29, 0.717) is 16.6 Å². The van der Waals surface area contributed by atoms with Gasteiger partial charge in [-0.05, 0) is 18.2 Å². The van der Waals surface area contributed by atoms with Crippen molar-refractivity contribution >= 4 is 10.8 Å². The van der Waals surface area contributed by atoms with E-state index in [1.54, 1.807) is 18.2 Å². The van der Waals surface area contributed by atoms with Crippen molar-refractivity contribution in [1.82, 2.24) is 10.2 Å². The fourth-order valence-corrected chi connectivity index (χ4v) is 2.04. The van der Waals surface area contributed by atoms with E-state index in [-0.39, 0.29) is 5.56 Å². The molecule has 19 heavy (non-hydrogen) atoms. The molecule has 2 aromatic carbocycles. The van der Waals surface area contributed by atoms with E-state index in [2.05, 4.69) is 16.3 Å². The molecule has 0 atom stereocenters. The van der Waals surface area contributed by atoms with Crippen LogP contribution in [0.4, 0.5) is 0 Å². The number of hydrogen-bond donors (Lipinski definition) is 1. The van der Waals surface area contributed by atoms with Gasteiger partial charge in [0, 0.05) is 10.9 Å². The van der Waals surface area contributed by atoms with Crippen molar-refractivity contribution in [3.8, 4) is 17.3 Å². The van der Waals surface area contributed by atoms with Gasteiger partial charge < -0.3 is 0 Å². The van der Waals surface area contributed by atoms with Gasteiger partial charge in [0.05, 0.1) is 22.7 Å². The summed E-state index contributed by atoms with van der Waals surface area (Å²) in [6, 6.07) is 16.5. The Labute approximate surface area is 108 Å². The van der Waals surface area contributed by atoms with E-state index in [1.165, 1.54) is 0 Å². The molecule has 0 aliphatic rings. The van der Waals surface area contributed by atoms with Crippen LogP contribution in [0.15, 0.2) is 53.3 Å². The maximum absolute atomic E-state index is 11.7. The van der Waals surface area contributed by atoms with Crippen LogP contribution in [0.2, 0.25) is 0 Å². The molecule has 0 saturated carbocycles. The summed E-state index contributed by atoms with van der Waals surface area (Å²) < 4.78 is 0. The summed E-state index contributed by atoms with van der Waals surface area (Å²) in [6.45, 7) is 0. The lowest BCUT2D eigenvalue weighted by Crippen LogP contribution is -2.09. The largest absolute Gasteiger partial charge is 0.272 e. The highest BCUT2D eigenvalue weighted by molar-refractivity contribution is 5.93. The van der Waals surface area contributed by atoms with Crippen LogP contribution in [0.25, 0.3) is 22.0 Å². The summed E-state index contributed by atoms with van der Waals surface area (Å²) in [5, 5.41) is 16.8. The first-order valence-corrected chi connectivity index (χ1v) is 5.77. The minimum atomic E-state index is -0.201. The van der Waals surface area contributed by atoms with Crippen LogP contribution in [-0.4, -0.2) is 10.2 Å². The molecule has 0 aliphatic carbocycles. The molecule has 4 heteroatoms. The molecule has 1 heterocycles. The van der Waals surface area contributed by atoms with Crippen molar-refractivity contribution in [2.75, 3.05) is 0 Å². The molecule has 0 unspecified atom stereocenters. The molecule has 1 aromatic heterocycles. The first-order chi connectivity index (χ1) is 9.29. The predicted octanol–water partition coefficient (Wildman–Crippen LogP) is 2.46. The number of nitrogens with one attached hydrogen (secondary N) is 1. The zero-order valence-corrected chi connectivity index (χ0v) is 9.92. The molecular formula is C15H9N3O. The second-order valence-electron chi connectivity index (χ2n) is 4.14. The Bertz CT molecular complexity index is 842. The number of hydrogen-bond acceptors (Lipinski definition) is 3. The Balaban J connectivity index is 2.28. The summed E-state index contributed by atoms with van der Waals surface area (Å²) in [4.78, 5) is 11.7. The van der Waals surface area contributed by atoms with Gasteiger partial charge in [0.1, 0.15) is 0 Å². The van der Waals surface area contributed by atoms with Crippen molar-refractivity contribution in [3.63, 3.8) is 0 Å². The lowest BCUT2D eigenvalue weighted by molar-refractivity contribution is 1.02. The minimum Gasteiger partial charge on any atom is -0.267 e. The topological polar surface area (TPSA) is 69.5 Å². The average Bonchev–Trinajstić information content (AvgIpc) is 2.48. The molecule has 3 aromatic rings. The lowest BCUT2D eigenvalue weighted by atomic mass is 10.0. The molecule has 0 aliphatic heterocycles. The monoisotopic (exact) mass is 247 g/mol. The summed E-state index contributed by atoms with van der Waals surface area (Å²) >= 11 is 0. The molecule has 0 radical (unpaired) electrons. The van der Waals surface area contributed by atoms with Gasteiger partial charge in [-0.1, -0.05) is 30.3 Å². The lowest BCUT2D eigenvalue weighted by Gasteiger charge is -2.04. The molecule has 0 bridgehead atoms. The van der Waals surface area contributed by atoms with Gasteiger partial charge in [0.2, 0.25) is 0 Å². The van der Waals surface area contributed by atoms with E-state index in [0.717, 1.165) is 10.9 Å². The van der Waals surface area contributed by atoms with Crippen molar-refractivity contribution in [1.29, 1.82) is 5.26 Å². The van der Waals surface area contributed by atoms with Gasteiger partial charge in [-0.15, -0.1) is 0 Å². The van der Waals surface area contributed by atoms with Gasteiger partial charge in [-0.2, -0.15) is 10.4 Å². The van der Waals surface area contributed by atoms with Gasteiger partial charge in [0.25, 0.3) is 5.56 Å². The third-order valence-corrected chi connectivity index (χ3v) is 2.98. The number of H-pyrrole nitrogens is 1. The maximum Gasteiger partial charge on any atom is 0.272 e. The SMILES string of the molecule is N#Cc1ccc(-c2n[nH]c(=O)c3ccccc23)cc1. The molecule has 0 saturated heterocycles. The second kappa shape index (κ2) is 4.39. The Kier molecular flexibility index (Phi) is 2.58. The number of aromatic amines is 1. The average molecular weight is 247 g/mol. The van der Waals surface area contributed by atoms with E-state index < -0.39 is 0 Å². The van der Waals surface area contributed by atoms with Gasteiger partial charge in [-0.3, -0.25) is 4.79 Å². The number of nitrogens with zero attached hydrogens (tertiary/aromatic N) is 2. The van der Waals surface area contributed by atoms with E-state index in [1.807, 2.05) is 30.3 Å². The van der Waals surface area contributed by atoms with Crippen molar-refractivity contribution < 1.29 is 0 Å². The molecular weight excluding hydrogens is 238 g/mol. The summed E-state index contributed by atoms with van der Waals surface area (Å²) in [5.74, 6) is 0. The molecule has 3 rings (SSSR count). The Morgan fingerprint density at radius 1 is 1.00 bits per heavy atom. The zero-order chi connectivity index (χ0) is 13.2. The summed E-state index contributed by atoms with van der Waals surface area (Å²) in [7, 11) is 0. The molecule has 4 nitrogen and oxygen atoms in total. The van der Waals surface area contributed by atoms with Crippen LogP contribution in [0.5, 0.6) is 0 Å². The van der Waals surface area contributed by atoms with E-state index >= 15 is 0 Å². The maximum atomic E-state index is 11.7. The normalized spacial score (nSPS) is 10.3. The van der Waals surface area contributed by atoms with Gasteiger partial charge in [0.15, 0.2) is 0 Å². The minimum absolute atomic E-state index is 0.201. The van der Waals surface area contributed by atoms with Gasteiger partial charge in [-0.25, -0.2) is 5.10 Å². The highest BCUT2D eigenvalue weighted by Gasteiger charge is 2.07. The van der Waals surface area contributed by atoms with Crippen LogP contribution in [0, 0.1) is 11.3 Å². The van der Waals surface area contributed by atoms with Crippen LogP contribution < -0.4 is 5.56 Å². The number of fused-ring (bicyclic) bond motifs is 1. The van der Waals surface area contributed by atoms with Crippen LogP contribution in [0.1, 0.15) is 5.56 Å². The smallest absolute Gasteiger partial charge is 0.267 e. The third kappa shape index (κ3) is 1.87. The summed E-state index contributed by atoms with van der Waals surface area (Å²) in [5.41, 5.74) is 1.97. The molecule has 0 spiro atoms. The Morgan fingerprint density at radius 2 is 1.68 bits per heavy atom. The number of nitriles is 1. The highest BCUT2D eigenvalue weighted by Crippen LogP contribution is 2.23. The fourth-order valence-electron chi connectivity index (χ4n) is 2.04. The van der Waals surface area contributed by atoms with E-state index in [4.69, 9.17) is 5.26 Å². The Hall–Kier alpha value is -2.93. The van der Waals surface area contributed by atoms with Crippen molar-refractivity contribution in [3.05, 3.63) is 64.4 Å². The molecule has 1 N–H and O–H groups in total. The zero-order valence-electron chi connectivity index (χ0n) is 9.92. The fraction of sp³-hybridized carbons (Fsp3) is 0. The van der Waals surface area contributed by atoms with E-state index in [9.17, 15) is 4.79 Å². The van der Waals surface area contributed by atoms with Crippen LogP contribution in [0.3, 0.4) is 0 Å². The molecule has 0 amide bonds. The van der Waals surface area contributed by atoms with Crippen molar-refractivity contribution in [2.24, 2.45) is 0 Å². The van der Waals surface area contributed by atoms with Gasteiger partial charge >= 0.3 is 0 Å². The second-order valence-corrected chi connectivity index (χ2v) is 4.14. The quantitative estimate of drug-likeness (QED) is 0.718. The number of benzene rings is 2. The van der Waals surface area contributed by atoms with Crippen LogP contribution >= 0.6 is 0 Å². The van der Waals surface area contributed by atoms with Crippen molar-refractivity contribution in [2.45, 2.75) is 0 Å². The first kappa shape index (κ1) is 11.2. The first-order valence-electron chi connectivity index (χ1n) is 5.77. The number of rotatable bonds is 1. The van der Waals surface area contributed by atoms with Crippen LogP contribution in [-0.2, 0) is 0 Å². The number of aromatic nitrogens is 2. The standard InChI is InChI=1S/C15H9N3O/c16-9-10-5-7-11(8-6-10)14-12-3-1-2-4-13(12)15(19)18-17-14/h1-8H,(H,18,19). The summed E-state index contributed by atoms with van der Waals surface area (Å²) in [6.07, 6.45) is 0. The molecule has 90 valence electrons. The molecule has 0 fully saturated rings. The predicted molar refractivity (Wildman–Crippen MR) is 72.5 cm³/mol.